The number of carboxylic acids is 1. The van der Waals surface area contributed by atoms with Gasteiger partial charge < -0.3 is 10.2 Å². The lowest BCUT2D eigenvalue weighted by Crippen LogP contribution is -2.43. The zero-order chi connectivity index (χ0) is 15.0. The van der Waals surface area contributed by atoms with Gasteiger partial charge in [-0.1, -0.05) is 12.8 Å². The molecule has 0 spiro atoms. The number of carboxylic acid groups (broad SMARTS) is 1. The molecule has 110 valence electrons. The lowest BCUT2D eigenvalue weighted by molar-refractivity contribution is 0.0693. The van der Waals surface area contributed by atoms with Gasteiger partial charge in [-0.05, 0) is 38.0 Å². The van der Waals surface area contributed by atoms with Crippen LogP contribution in [0.25, 0.3) is 0 Å². The van der Waals surface area contributed by atoms with E-state index < -0.39 is 32.8 Å². The molecule has 3 N–H and O–H groups in total. The van der Waals surface area contributed by atoms with Gasteiger partial charge in [-0.2, -0.15) is 0 Å². The minimum absolute atomic E-state index is 0.152. The summed E-state index contributed by atoms with van der Waals surface area (Å²) in [6.45, 7) is 1.84. The summed E-state index contributed by atoms with van der Waals surface area (Å²) < 4.78 is 27.2. The van der Waals surface area contributed by atoms with Crippen molar-refractivity contribution in [3.63, 3.8) is 0 Å². The summed E-state index contributed by atoms with van der Waals surface area (Å²) in [6.07, 6.45) is 3.45. The van der Waals surface area contributed by atoms with Crippen LogP contribution in [0, 0.1) is 0 Å². The Bertz CT molecular complexity index is 632. The minimum Gasteiger partial charge on any atom is -0.507 e. The smallest absolute Gasteiger partial charge is 0.339 e. The van der Waals surface area contributed by atoms with E-state index in [9.17, 15) is 18.3 Å². The van der Waals surface area contributed by atoms with Crippen LogP contribution in [0.5, 0.6) is 5.75 Å². The van der Waals surface area contributed by atoms with Gasteiger partial charge in [-0.3, -0.25) is 0 Å². The zero-order valence-electron chi connectivity index (χ0n) is 11.1. The normalized spacial score (nSPS) is 18.1. The highest BCUT2D eigenvalue weighted by Crippen LogP contribution is 2.31. The molecule has 0 unspecified atom stereocenters. The Morgan fingerprint density at radius 2 is 1.90 bits per heavy atom. The number of sulfonamides is 1. The van der Waals surface area contributed by atoms with Gasteiger partial charge in [-0.25, -0.2) is 17.9 Å². The highest BCUT2D eigenvalue weighted by molar-refractivity contribution is 7.89. The van der Waals surface area contributed by atoms with Crippen LogP contribution in [-0.2, 0) is 10.0 Å². The van der Waals surface area contributed by atoms with E-state index in [0.29, 0.717) is 0 Å². The molecule has 0 aromatic heterocycles. The van der Waals surface area contributed by atoms with E-state index in [0.717, 1.165) is 37.8 Å². The van der Waals surface area contributed by atoms with E-state index in [4.69, 9.17) is 5.11 Å². The molecule has 1 aromatic rings. The summed E-state index contributed by atoms with van der Waals surface area (Å²) in [6, 6.07) is 3.25. The summed E-state index contributed by atoms with van der Waals surface area (Å²) in [7, 11) is -3.80. The maximum atomic E-state index is 12.3. The number of hydrogen-bond acceptors (Lipinski definition) is 4. The molecule has 0 radical (unpaired) electrons. The molecule has 0 heterocycles. The highest BCUT2D eigenvalue weighted by atomic mass is 32.2. The Morgan fingerprint density at radius 3 is 2.45 bits per heavy atom. The van der Waals surface area contributed by atoms with Crippen molar-refractivity contribution < 1.29 is 23.4 Å². The van der Waals surface area contributed by atoms with Gasteiger partial charge in [-0.15, -0.1) is 0 Å². The van der Waals surface area contributed by atoms with Crippen LogP contribution >= 0.6 is 0 Å². The van der Waals surface area contributed by atoms with Crippen LogP contribution in [0.15, 0.2) is 23.1 Å². The monoisotopic (exact) mass is 299 g/mol. The first-order valence-electron chi connectivity index (χ1n) is 6.34. The van der Waals surface area contributed by atoms with E-state index in [1.54, 1.807) is 0 Å². The third kappa shape index (κ3) is 2.94. The Kier molecular flexibility index (Phi) is 3.75. The van der Waals surface area contributed by atoms with E-state index in [2.05, 4.69) is 4.72 Å². The molecule has 7 heteroatoms. The minimum atomic E-state index is -3.80. The van der Waals surface area contributed by atoms with Crippen LogP contribution in [-0.4, -0.2) is 30.1 Å². The molecule has 20 heavy (non-hydrogen) atoms. The third-order valence-corrected chi connectivity index (χ3v) is 5.23. The number of carbonyl (C=O) groups is 1. The molecule has 0 atom stereocenters. The Hall–Kier alpha value is -1.60. The van der Waals surface area contributed by atoms with Crippen molar-refractivity contribution in [2.75, 3.05) is 0 Å². The summed E-state index contributed by atoms with van der Waals surface area (Å²) in [5.41, 5.74) is -0.912. The number of phenols is 1. The highest BCUT2D eigenvalue weighted by Gasteiger charge is 2.33. The van der Waals surface area contributed by atoms with Crippen molar-refractivity contribution in [1.82, 2.24) is 4.72 Å². The SMILES string of the molecule is CC1(NS(=O)(=O)c2ccc(O)c(C(=O)O)c2)CCCC1. The van der Waals surface area contributed by atoms with Crippen molar-refractivity contribution in [1.29, 1.82) is 0 Å². The predicted molar refractivity (Wildman–Crippen MR) is 72.3 cm³/mol. The van der Waals surface area contributed by atoms with Crippen molar-refractivity contribution in [2.24, 2.45) is 0 Å². The maximum absolute atomic E-state index is 12.3. The first-order valence-corrected chi connectivity index (χ1v) is 7.82. The van der Waals surface area contributed by atoms with Crippen LogP contribution in [0.1, 0.15) is 43.0 Å². The van der Waals surface area contributed by atoms with Gasteiger partial charge in [0.1, 0.15) is 11.3 Å². The summed E-state index contributed by atoms with van der Waals surface area (Å²) in [5.74, 6) is -1.82. The second-order valence-electron chi connectivity index (χ2n) is 5.36. The van der Waals surface area contributed by atoms with Crippen LogP contribution in [0.3, 0.4) is 0 Å². The lowest BCUT2D eigenvalue weighted by atomic mass is 10.0. The molecule has 1 aliphatic carbocycles. The van der Waals surface area contributed by atoms with Gasteiger partial charge in [0, 0.05) is 5.54 Å². The zero-order valence-corrected chi connectivity index (χ0v) is 11.9. The average Bonchev–Trinajstić information content (AvgIpc) is 2.74. The van der Waals surface area contributed by atoms with Crippen molar-refractivity contribution >= 4 is 16.0 Å². The van der Waals surface area contributed by atoms with Crippen molar-refractivity contribution in [3.05, 3.63) is 23.8 Å². The average molecular weight is 299 g/mol. The fraction of sp³-hybridized carbons (Fsp3) is 0.462. The standard InChI is InChI=1S/C13H17NO5S/c1-13(6-2-3-7-13)14-20(18,19)9-4-5-11(15)10(8-9)12(16)17/h4-5,8,14-15H,2-3,6-7H2,1H3,(H,16,17). The summed E-state index contributed by atoms with van der Waals surface area (Å²) >= 11 is 0. The summed E-state index contributed by atoms with van der Waals surface area (Å²) in [4.78, 5) is 10.8. The Balaban J connectivity index is 2.34. The molecular weight excluding hydrogens is 282 g/mol. The fourth-order valence-electron chi connectivity index (χ4n) is 2.49. The summed E-state index contributed by atoms with van der Waals surface area (Å²) in [5, 5.41) is 18.3. The quantitative estimate of drug-likeness (QED) is 0.785. The van der Waals surface area contributed by atoms with Gasteiger partial charge >= 0.3 is 5.97 Å². The van der Waals surface area contributed by atoms with Crippen LogP contribution < -0.4 is 4.72 Å². The molecular formula is C13H17NO5S. The molecule has 0 amide bonds. The number of aromatic carboxylic acids is 1. The maximum Gasteiger partial charge on any atom is 0.339 e. The van der Waals surface area contributed by atoms with Gasteiger partial charge in [0.25, 0.3) is 0 Å². The van der Waals surface area contributed by atoms with E-state index >= 15 is 0 Å². The Morgan fingerprint density at radius 1 is 1.30 bits per heavy atom. The fourth-order valence-corrected chi connectivity index (χ4v) is 3.99. The molecule has 0 saturated heterocycles. The topological polar surface area (TPSA) is 104 Å². The molecule has 2 rings (SSSR count). The van der Waals surface area contributed by atoms with E-state index in [-0.39, 0.29) is 4.90 Å². The van der Waals surface area contributed by atoms with Gasteiger partial charge in [0.2, 0.25) is 10.0 Å². The molecule has 1 fully saturated rings. The first-order chi connectivity index (χ1) is 9.23. The molecule has 0 bridgehead atoms. The van der Waals surface area contributed by atoms with E-state index in [1.165, 1.54) is 6.07 Å². The van der Waals surface area contributed by atoms with Crippen molar-refractivity contribution in [3.8, 4) is 5.75 Å². The third-order valence-electron chi connectivity index (χ3n) is 3.60. The number of rotatable bonds is 4. The Labute approximate surface area is 117 Å². The van der Waals surface area contributed by atoms with Crippen LogP contribution in [0.4, 0.5) is 0 Å². The molecule has 0 aliphatic heterocycles. The van der Waals surface area contributed by atoms with Gasteiger partial charge in [0.05, 0.1) is 4.90 Å². The molecule has 1 aliphatic rings. The first kappa shape index (κ1) is 14.8. The van der Waals surface area contributed by atoms with Crippen molar-refractivity contribution in [2.45, 2.75) is 43.0 Å². The lowest BCUT2D eigenvalue weighted by Gasteiger charge is -2.25. The number of nitrogens with one attached hydrogen (secondary N) is 1. The molecule has 6 nitrogen and oxygen atoms in total. The predicted octanol–water partition coefficient (Wildman–Crippen LogP) is 1.70. The van der Waals surface area contributed by atoms with Crippen LogP contribution in [0.2, 0.25) is 0 Å². The number of benzene rings is 1. The molecule has 1 saturated carbocycles. The molecule has 1 aromatic carbocycles. The number of aromatic hydroxyl groups is 1. The largest absolute Gasteiger partial charge is 0.507 e. The second kappa shape index (κ2) is 5.06. The van der Waals surface area contributed by atoms with Gasteiger partial charge in [0.15, 0.2) is 0 Å². The second-order valence-corrected chi connectivity index (χ2v) is 7.04. The van der Waals surface area contributed by atoms with E-state index in [1.807, 2.05) is 6.92 Å². The number of hydrogen-bond donors (Lipinski definition) is 3.